The molecule has 5 nitrogen and oxygen atoms in total. The van der Waals surface area contributed by atoms with E-state index in [0.29, 0.717) is 30.2 Å². The highest BCUT2D eigenvalue weighted by molar-refractivity contribution is 6.43. The fraction of sp³-hybridized carbons (Fsp3) is 0.412. The Bertz CT molecular complexity index is 602. The highest BCUT2D eigenvalue weighted by Gasteiger charge is 2.23. The Morgan fingerprint density at radius 3 is 2.87 bits per heavy atom. The van der Waals surface area contributed by atoms with Gasteiger partial charge in [-0.05, 0) is 17.7 Å². The lowest BCUT2D eigenvalue weighted by Crippen LogP contribution is -2.54. The van der Waals surface area contributed by atoms with E-state index in [-0.39, 0.29) is 6.04 Å². The van der Waals surface area contributed by atoms with Gasteiger partial charge in [-0.25, -0.2) is 4.39 Å². The van der Waals surface area contributed by atoms with Crippen molar-refractivity contribution in [2.45, 2.75) is 19.1 Å². The Hall–Kier alpha value is -2.39. The first-order chi connectivity index (χ1) is 11.2. The Morgan fingerprint density at radius 1 is 1.52 bits per heavy atom. The molecule has 1 atom stereocenters. The van der Waals surface area contributed by atoms with Crippen molar-refractivity contribution in [3.8, 4) is 12.3 Å². The van der Waals surface area contributed by atoms with E-state index in [9.17, 15) is 4.39 Å². The van der Waals surface area contributed by atoms with Crippen molar-refractivity contribution < 1.29 is 4.39 Å². The largest absolute Gasteiger partial charge is 0.351 e. The maximum atomic E-state index is 12.6. The van der Waals surface area contributed by atoms with E-state index >= 15 is 0 Å². The quantitative estimate of drug-likeness (QED) is 0.453. The number of hydrogen-bond donors (Lipinski definition) is 3. The predicted octanol–water partition coefficient (Wildman–Crippen LogP) is 1.87. The molecule has 0 aliphatic carbocycles. The summed E-state index contributed by atoms with van der Waals surface area (Å²) < 4.78 is 12.6. The van der Waals surface area contributed by atoms with Crippen molar-refractivity contribution in [1.82, 2.24) is 10.2 Å². The number of amidine groups is 2. The number of piperazine rings is 1. The van der Waals surface area contributed by atoms with Gasteiger partial charge in [-0.2, -0.15) is 0 Å². The minimum atomic E-state index is -0.484. The zero-order valence-corrected chi connectivity index (χ0v) is 13.3. The highest BCUT2D eigenvalue weighted by atomic mass is 19.1. The SMILES string of the molecule is C#CCC1CN(C(=N)C(=NC)Nc2ccc(CF)cc2)CCN1. The normalized spacial score (nSPS) is 18.4. The number of nitrogens with one attached hydrogen (secondary N) is 3. The first-order valence-corrected chi connectivity index (χ1v) is 7.57. The van der Waals surface area contributed by atoms with Crippen molar-refractivity contribution in [1.29, 1.82) is 5.41 Å². The minimum Gasteiger partial charge on any atom is -0.351 e. The molecule has 23 heavy (non-hydrogen) atoms. The molecule has 1 saturated heterocycles. The van der Waals surface area contributed by atoms with Crippen molar-refractivity contribution in [2.24, 2.45) is 4.99 Å². The van der Waals surface area contributed by atoms with Gasteiger partial charge in [-0.3, -0.25) is 10.4 Å². The second kappa shape index (κ2) is 8.30. The van der Waals surface area contributed by atoms with Crippen LogP contribution in [0.25, 0.3) is 0 Å². The van der Waals surface area contributed by atoms with Crippen molar-refractivity contribution in [2.75, 3.05) is 32.0 Å². The molecule has 1 aliphatic rings. The summed E-state index contributed by atoms with van der Waals surface area (Å²) in [5.74, 6) is 3.48. The van der Waals surface area contributed by atoms with Crippen molar-refractivity contribution in [3.05, 3.63) is 29.8 Å². The van der Waals surface area contributed by atoms with Crippen LogP contribution in [0.3, 0.4) is 0 Å². The predicted molar refractivity (Wildman–Crippen MR) is 92.8 cm³/mol. The molecule has 1 aliphatic heterocycles. The molecule has 0 amide bonds. The van der Waals surface area contributed by atoms with E-state index in [1.807, 2.05) is 4.90 Å². The van der Waals surface area contributed by atoms with Crippen LogP contribution in [0.5, 0.6) is 0 Å². The van der Waals surface area contributed by atoms with Gasteiger partial charge in [0, 0.05) is 44.8 Å². The van der Waals surface area contributed by atoms with E-state index in [2.05, 4.69) is 21.5 Å². The van der Waals surface area contributed by atoms with Gasteiger partial charge in [0.2, 0.25) is 0 Å². The van der Waals surface area contributed by atoms with Crippen LogP contribution in [0, 0.1) is 17.8 Å². The van der Waals surface area contributed by atoms with E-state index in [1.54, 1.807) is 31.3 Å². The molecule has 122 valence electrons. The first-order valence-electron chi connectivity index (χ1n) is 7.57. The van der Waals surface area contributed by atoms with Crippen LogP contribution in [0.15, 0.2) is 29.3 Å². The summed E-state index contributed by atoms with van der Waals surface area (Å²) in [4.78, 5) is 6.14. The molecule has 0 radical (unpaired) electrons. The van der Waals surface area contributed by atoms with Gasteiger partial charge in [0.05, 0.1) is 0 Å². The molecule has 0 saturated carbocycles. The van der Waals surface area contributed by atoms with Gasteiger partial charge < -0.3 is 15.5 Å². The molecular formula is C17H22FN5. The molecule has 0 aromatic heterocycles. The van der Waals surface area contributed by atoms with Crippen LogP contribution in [0.4, 0.5) is 10.1 Å². The monoisotopic (exact) mass is 315 g/mol. The maximum Gasteiger partial charge on any atom is 0.168 e. The van der Waals surface area contributed by atoms with E-state index in [0.717, 1.165) is 18.8 Å². The van der Waals surface area contributed by atoms with Gasteiger partial charge in [-0.15, -0.1) is 12.3 Å². The molecule has 1 heterocycles. The average molecular weight is 315 g/mol. The van der Waals surface area contributed by atoms with E-state index in [1.165, 1.54) is 0 Å². The van der Waals surface area contributed by atoms with Crippen LogP contribution in [-0.2, 0) is 6.67 Å². The molecular weight excluding hydrogens is 293 g/mol. The molecule has 3 N–H and O–H groups in total. The molecule has 6 heteroatoms. The summed E-state index contributed by atoms with van der Waals surface area (Å²) in [5.41, 5.74) is 1.41. The third-order valence-corrected chi connectivity index (χ3v) is 3.75. The Labute approximate surface area is 136 Å². The number of terminal acetylenes is 1. The third-order valence-electron chi connectivity index (χ3n) is 3.75. The van der Waals surface area contributed by atoms with Crippen molar-refractivity contribution in [3.63, 3.8) is 0 Å². The number of halogens is 1. The fourth-order valence-electron chi connectivity index (χ4n) is 2.49. The smallest absolute Gasteiger partial charge is 0.168 e. The topological polar surface area (TPSA) is 63.5 Å². The summed E-state index contributed by atoms with van der Waals surface area (Å²) >= 11 is 0. The lowest BCUT2D eigenvalue weighted by molar-refractivity contribution is 0.295. The second-order valence-corrected chi connectivity index (χ2v) is 5.38. The number of hydrogen-bond acceptors (Lipinski definition) is 3. The number of rotatable bonds is 3. The average Bonchev–Trinajstić information content (AvgIpc) is 2.60. The van der Waals surface area contributed by atoms with Gasteiger partial charge in [0.1, 0.15) is 6.67 Å². The van der Waals surface area contributed by atoms with Gasteiger partial charge in [-0.1, -0.05) is 12.1 Å². The Balaban J connectivity index is 2.02. The van der Waals surface area contributed by atoms with Crippen LogP contribution in [0.1, 0.15) is 12.0 Å². The van der Waals surface area contributed by atoms with Crippen LogP contribution >= 0.6 is 0 Å². The third kappa shape index (κ3) is 4.54. The number of alkyl halides is 1. The lowest BCUT2D eigenvalue weighted by atomic mass is 10.1. The molecule has 1 aromatic carbocycles. The Morgan fingerprint density at radius 2 is 2.26 bits per heavy atom. The van der Waals surface area contributed by atoms with Crippen LogP contribution < -0.4 is 10.6 Å². The fourth-order valence-corrected chi connectivity index (χ4v) is 2.49. The molecule has 1 aromatic rings. The maximum absolute atomic E-state index is 12.6. The highest BCUT2D eigenvalue weighted by Crippen LogP contribution is 2.12. The standard InChI is InChI=1S/C17H22FN5/c1-3-4-15-12-23(10-9-21-15)16(19)17(20-2)22-14-7-5-13(11-18)6-8-14/h1,5-8,15,19,21H,4,9-12H2,2H3,(H,20,22). The first kappa shape index (κ1) is 17.0. The van der Waals surface area contributed by atoms with E-state index < -0.39 is 6.67 Å². The zero-order chi connectivity index (χ0) is 16.7. The van der Waals surface area contributed by atoms with Gasteiger partial charge in [0.25, 0.3) is 0 Å². The molecule has 2 rings (SSSR count). The minimum absolute atomic E-state index is 0.191. The summed E-state index contributed by atoms with van der Waals surface area (Å²) in [7, 11) is 1.65. The van der Waals surface area contributed by atoms with Gasteiger partial charge in [0.15, 0.2) is 11.7 Å². The molecule has 1 unspecified atom stereocenters. The van der Waals surface area contributed by atoms with Crippen LogP contribution in [-0.4, -0.2) is 49.3 Å². The summed E-state index contributed by atoms with van der Waals surface area (Å²) in [6.07, 6.45) is 6.01. The number of nitrogens with zero attached hydrogens (tertiary/aromatic N) is 2. The number of benzene rings is 1. The summed E-state index contributed by atoms with van der Waals surface area (Å²) in [6.45, 7) is 1.73. The molecule has 1 fully saturated rings. The Kier molecular flexibility index (Phi) is 6.12. The van der Waals surface area contributed by atoms with Crippen LogP contribution in [0.2, 0.25) is 0 Å². The zero-order valence-electron chi connectivity index (χ0n) is 13.3. The molecule has 0 spiro atoms. The van der Waals surface area contributed by atoms with Gasteiger partial charge >= 0.3 is 0 Å². The van der Waals surface area contributed by atoms with E-state index in [4.69, 9.17) is 11.8 Å². The summed E-state index contributed by atoms with van der Waals surface area (Å²) in [6, 6.07) is 7.19. The lowest BCUT2D eigenvalue weighted by Gasteiger charge is -2.34. The number of aliphatic imine (C=N–C) groups is 1. The summed E-state index contributed by atoms with van der Waals surface area (Å²) in [5, 5.41) is 14.9. The van der Waals surface area contributed by atoms with Crippen molar-refractivity contribution >= 4 is 17.4 Å². The molecule has 0 bridgehead atoms. The number of anilines is 1. The second-order valence-electron chi connectivity index (χ2n) is 5.38.